The molecule has 3 aromatic carbocycles. The maximum Gasteiger partial charge on any atom is 0.124 e. The van der Waals surface area contributed by atoms with E-state index < -0.39 is 0 Å². The van der Waals surface area contributed by atoms with E-state index in [0.29, 0.717) is 13.0 Å². The number of aldehydes is 1. The highest BCUT2D eigenvalue weighted by atomic mass is 19.1. The van der Waals surface area contributed by atoms with Crippen LogP contribution in [0.25, 0.3) is 0 Å². The summed E-state index contributed by atoms with van der Waals surface area (Å²) < 4.78 is 33.0. The van der Waals surface area contributed by atoms with Gasteiger partial charge in [-0.25, -0.2) is 8.78 Å². The van der Waals surface area contributed by atoms with Crippen molar-refractivity contribution in [2.75, 3.05) is 44.2 Å². The summed E-state index contributed by atoms with van der Waals surface area (Å²) in [6, 6.07) is 20.8. The predicted molar refractivity (Wildman–Crippen MR) is 135 cm³/mol. The Labute approximate surface area is 206 Å². The first-order valence-corrected chi connectivity index (χ1v) is 12.2. The van der Waals surface area contributed by atoms with Crippen molar-refractivity contribution in [2.24, 2.45) is 0 Å². The van der Waals surface area contributed by atoms with Gasteiger partial charge in [0.1, 0.15) is 24.0 Å². The Morgan fingerprint density at radius 3 is 1.89 bits per heavy atom. The summed E-state index contributed by atoms with van der Waals surface area (Å²) in [7, 11) is 0. The molecule has 1 heterocycles. The summed E-state index contributed by atoms with van der Waals surface area (Å²) in [6.45, 7) is 5.61. The fraction of sp³-hybridized carbons (Fsp3) is 0.345. The number of hydrogen-bond donors (Lipinski definition) is 0. The minimum absolute atomic E-state index is 0.290. The maximum absolute atomic E-state index is 13.4. The highest BCUT2D eigenvalue weighted by Gasteiger charge is 2.18. The molecule has 0 aromatic heterocycles. The van der Waals surface area contributed by atoms with Crippen LogP contribution in [0.5, 0.6) is 0 Å². The monoisotopic (exact) mass is 478 g/mol. The fourth-order valence-corrected chi connectivity index (χ4v) is 4.47. The van der Waals surface area contributed by atoms with Crippen LogP contribution in [-0.2, 0) is 16.0 Å². The summed E-state index contributed by atoms with van der Waals surface area (Å²) in [5.41, 5.74) is 3.97. The molecule has 6 heteroatoms. The molecule has 0 radical (unpaired) electrons. The van der Waals surface area contributed by atoms with Crippen LogP contribution < -0.4 is 4.90 Å². The highest BCUT2D eigenvalue weighted by Crippen LogP contribution is 2.27. The van der Waals surface area contributed by atoms with Crippen LogP contribution in [-0.4, -0.2) is 50.5 Å². The zero-order valence-corrected chi connectivity index (χ0v) is 19.9. The largest absolute Gasteiger partial charge is 0.369 e. The molecule has 0 atom stereocenters. The second-order valence-corrected chi connectivity index (χ2v) is 8.93. The molecule has 4 nitrogen and oxygen atoms in total. The van der Waals surface area contributed by atoms with Gasteiger partial charge in [-0.1, -0.05) is 36.4 Å². The van der Waals surface area contributed by atoms with Gasteiger partial charge in [0.15, 0.2) is 0 Å². The van der Waals surface area contributed by atoms with Crippen LogP contribution in [0.3, 0.4) is 0 Å². The Morgan fingerprint density at radius 2 is 1.34 bits per heavy atom. The van der Waals surface area contributed by atoms with Gasteiger partial charge in [-0.2, -0.15) is 0 Å². The Bertz CT molecular complexity index is 1000. The smallest absolute Gasteiger partial charge is 0.124 e. The molecule has 3 aromatic rings. The molecule has 0 aliphatic carbocycles. The van der Waals surface area contributed by atoms with Crippen molar-refractivity contribution in [3.8, 4) is 0 Å². The van der Waals surface area contributed by atoms with Crippen molar-refractivity contribution in [2.45, 2.75) is 25.4 Å². The van der Waals surface area contributed by atoms with Crippen molar-refractivity contribution < 1.29 is 18.3 Å². The molecule has 0 N–H and O–H groups in total. The minimum Gasteiger partial charge on any atom is -0.369 e. The Kier molecular flexibility index (Phi) is 8.98. The summed E-state index contributed by atoms with van der Waals surface area (Å²) >= 11 is 0. The van der Waals surface area contributed by atoms with Gasteiger partial charge in [-0.15, -0.1) is 0 Å². The molecule has 35 heavy (non-hydrogen) atoms. The standard InChI is InChI=1S/C29H32F2N2O2/c30-26-9-5-24(6-10-26)29(25-7-11-27(31)12-8-25)35-22-2-1-16-32-17-19-33(20-18-32)28-13-3-23(4-14-28)15-21-34/h3-14,21,29H,1-2,15-20,22H2. The van der Waals surface area contributed by atoms with Gasteiger partial charge in [-0.3, -0.25) is 4.90 Å². The third kappa shape index (κ3) is 7.20. The summed E-state index contributed by atoms with van der Waals surface area (Å²) in [6.07, 6.45) is 2.99. The lowest BCUT2D eigenvalue weighted by Crippen LogP contribution is -2.46. The fourth-order valence-electron chi connectivity index (χ4n) is 4.47. The molecule has 184 valence electrons. The molecular weight excluding hydrogens is 446 g/mol. The van der Waals surface area contributed by atoms with E-state index in [0.717, 1.165) is 68.5 Å². The normalized spacial score (nSPS) is 14.4. The molecule has 0 saturated carbocycles. The highest BCUT2D eigenvalue weighted by molar-refractivity contribution is 5.57. The second-order valence-electron chi connectivity index (χ2n) is 8.93. The van der Waals surface area contributed by atoms with Crippen molar-refractivity contribution in [1.82, 2.24) is 4.90 Å². The zero-order valence-electron chi connectivity index (χ0n) is 19.9. The van der Waals surface area contributed by atoms with Crippen molar-refractivity contribution in [1.29, 1.82) is 0 Å². The number of rotatable bonds is 11. The van der Waals surface area contributed by atoms with E-state index in [1.54, 1.807) is 24.3 Å². The molecule has 1 fully saturated rings. The molecule has 0 unspecified atom stereocenters. The lowest BCUT2D eigenvalue weighted by atomic mass is 10.0. The second kappa shape index (κ2) is 12.6. The van der Waals surface area contributed by atoms with E-state index in [4.69, 9.17) is 4.74 Å². The molecule has 0 bridgehead atoms. The summed E-state index contributed by atoms with van der Waals surface area (Å²) in [5.74, 6) is -0.580. The number of carbonyl (C=O) groups is 1. The van der Waals surface area contributed by atoms with Crippen LogP contribution in [0, 0.1) is 11.6 Å². The van der Waals surface area contributed by atoms with Gasteiger partial charge < -0.3 is 14.4 Å². The summed E-state index contributed by atoms with van der Waals surface area (Å²) in [4.78, 5) is 15.5. The van der Waals surface area contributed by atoms with E-state index in [9.17, 15) is 13.6 Å². The molecule has 1 saturated heterocycles. The van der Waals surface area contributed by atoms with E-state index >= 15 is 0 Å². The topological polar surface area (TPSA) is 32.8 Å². The van der Waals surface area contributed by atoms with Crippen LogP contribution in [0.4, 0.5) is 14.5 Å². The van der Waals surface area contributed by atoms with Gasteiger partial charge in [0.25, 0.3) is 0 Å². The third-order valence-corrected chi connectivity index (χ3v) is 6.49. The number of nitrogens with zero attached hydrogens (tertiary/aromatic N) is 2. The first-order chi connectivity index (χ1) is 17.1. The summed E-state index contributed by atoms with van der Waals surface area (Å²) in [5, 5.41) is 0. The van der Waals surface area contributed by atoms with E-state index in [-0.39, 0.29) is 17.7 Å². The minimum atomic E-state index is -0.349. The number of anilines is 1. The number of halogens is 2. The predicted octanol–water partition coefficient (Wildman–Crippen LogP) is 5.41. The first kappa shape index (κ1) is 25.0. The molecule has 4 rings (SSSR count). The Hall–Kier alpha value is -3.09. The average Bonchev–Trinajstić information content (AvgIpc) is 2.89. The van der Waals surface area contributed by atoms with E-state index in [1.807, 2.05) is 12.1 Å². The molecule has 0 spiro atoms. The van der Waals surface area contributed by atoms with Gasteiger partial charge in [0.05, 0.1) is 0 Å². The number of piperazine rings is 1. The maximum atomic E-state index is 13.4. The number of carbonyl (C=O) groups excluding carboxylic acids is 1. The van der Waals surface area contributed by atoms with Crippen LogP contribution in [0.2, 0.25) is 0 Å². The quantitative estimate of drug-likeness (QED) is 0.272. The number of unbranched alkanes of at least 4 members (excludes halogenated alkanes) is 1. The van der Waals surface area contributed by atoms with E-state index in [1.165, 1.54) is 30.0 Å². The first-order valence-electron chi connectivity index (χ1n) is 12.2. The number of ether oxygens (including phenoxy) is 1. The van der Waals surface area contributed by atoms with Gasteiger partial charge in [-0.05, 0) is 72.5 Å². The zero-order chi connectivity index (χ0) is 24.5. The Balaban J connectivity index is 1.21. The molecule has 1 aliphatic heterocycles. The molecule has 1 aliphatic rings. The number of hydrogen-bond acceptors (Lipinski definition) is 4. The SMILES string of the molecule is O=CCc1ccc(N2CCN(CCCCOC(c3ccc(F)cc3)c3ccc(F)cc3)CC2)cc1. The van der Waals surface area contributed by atoms with Crippen molar-refractivity contribution in [3.63, 3.8) is 0 Å². The average molecular weight is 479 g/mol. The molecule has 0 amide bonds. The van der Waals surface area contributed by atoms with Gasteiger partial charge in [0.2, 0.25) is 0 Å². The Morgan fingerprint density at radius 1 is 0.771 bits per heavy atom. The lowest BCUT2D eigenvalue weighted by Gasteiger charge is -2.36. The van der Waals surface area contributed by atoms with Crippen LogP contribution in [0.15, 0.2) is 72.8 Å². The molecular formula is C29H32F2N2O2. The van der Waals surface area contributed by atoms with Crippen LogP contribution in [0.1, 0.15) is 35.6 Å². The number of benzene rings is 3. The van der Waals surface area contributed by atoms with Crippen molar-refractivity contribution in [3.05, 3.63) is 101 Å². The third-order valence-electron chi connectivity index (χ3n) is 6.49. The van der Waals surface area contributed by atoms with Gasteiger partial charge in [0, 0.05) is 44.9 Å². The lowest BCUT2D eigenvalue weighted by molar-refractivity contribution is -0.107. The van der Waals surface area contributed by atoms with Crippen LogP contribution >= 0.6 is 0 Å². The van der Waals surface area contributed by atoms with Gasteiger partial charge >= 0.3 is 0 Å². The van der Waals surface area contributed by atoms with E-state index in [2.05, 4.69) is 21.9 Å². The van der Waals surface area contributed by atoms with Crippen molar-refractivity contribution >= 4 is 12.0 Å².